The van der Waals surface area contributed by atoms with Crippen molar-refractivity contribution in [3.8, 4) is 5.75 Å². The van der Waals surface area contributed by atoms with Gasteiger partial charge in [-0.25, -0.2) is 0 Å². The van der Waals surface area contributed by atoms with E-state index in [0.717, 1.165) is 23.7 Å². The molecule has 2 amide bonds. The van der Waals surface area contributed by atoms with Crippen molar-refractivity contribution in [3.63, 3.8) is 0 Å². The molecule has 1 aliphatic heterocycles. The van der Waals surface area contributed by atoms with E-state index in [9.17, 15) is 9.59 Å². The standard InChI is InChI=1S/C20H16BrCl2NO3S/c1-2-7-24-19(25)17(28-20(24)26)10-12-8-14(21)18(16(23)9-12)27-11-13-5-3-4-6-15(13)22/h3-6,8-10H,2,7,11H2,1H3/b17-10+. The van der Waals surface area contributed by atoms with Crippen LogP contribution in [0.5, 0.6) is 5.75 Å². The zero-order chi connectivity index (χ0) is 20.3. The molecule has 1 saturated heterocycles. The number of rotatable bonds is 6. The topological polar surface area (TPSA) is 46.6 Å². The summed E-state index contributed by atoms with van der Waals surface area (Å²) in [4.78, 5) is 26.0. The van der Waals surface area contributed by atoms with Crippen LogP contribution in [-0.4, -0.2) is 22.6 Å². The average molecular weight is 501 g/mol. The molecule has 0 unspecified atom stereocenters. The lowest BCUT2D eigenvalue weighted by atomic mass is 10.2. The number of carbonyl (C=O) groups excluding carboxylic acids is 2. The van der Waals surface area contributed by atoms with Crippen LogP contribution in [0.25, 0.3) is 6.08 Å². The summed E-state index contributed by atoms with van der Waals surface area (Å²) in [5.74, 6) is 0.209. The van der Waals surface area contributed by atoms with E-state index in [-0.39, 0.29) is 17.8 Å². The second-order valence-corrected chi connectivity index (χ2v) is 8.69. The molecule has 146 valence electrons. The van der Waals surface area contributed by atoms with E-state index in [1.54, 1.807) is 24.3 Å². The molecule has 1 fully saturated rings. The maximum absolute atomic E-state index is 12.4. The Morgan fingerprint density at radius 2 is 1.93 bits per heavy atom. The summed E-state index contributed by atoms with van der Waals surface area (Å²) >= 11 is 16.9. The molecule has 0 saturated carbocycles. The smallest absolute Gasteiger partial charge is 0.293 e. The largest absolute Gasteiger partial charge is 0.486 e. The van der Waals surface area contributed by atoms with Crippen LogP contribution in [-0.2, 0) is 11.4 Å². The van der Waals surface area contributed by atoms with Crippen molar-refractivity contribution >= 4 is 68.1 Å². The van der Waals surface area contributed by atoms with Crippen molar-refractivity contribution in [1.29, 1.82) is 0 Å². The Morgan fingerprint density at radius 1 is 1.18 bits per heavy atom. The average Bonchev–Trinajstić information content (AvgIpc) is 2.90. The van der Waals surface area contributed by atoms with Gasteiger partial charge < -0.3 is 4.74 Å². The summed E-state index contributed by atoms with van der Waals surface area (Å²) < 4.78 is 6.47. The first kappa shape index (κ1) is 21.2. The third-order valence-corrected chi connectivity index (χ3v) is 6.11. The van der Waals surface area contributed by atoms with Gasteiger partial charge in [0.05, 0.1) is 14.4 Å². The number of thioether (sulfide) groups is 1. The van der Waals surface area contributed by atoms with Crippen molar-refractivity contribution in [3.05, 3.63) is 66.9 Å². The molecular formula is C20H16BrCl2NO3S. The second-order valence-electron chi connectivity index (χ2n) is 6.03. The minimum Gasteiger partial charge on any atom is -0.486 e. The summed E-state index contributed by atoms with van der Waals surface area (Å²) in [6.07, 6.45) is 2.38. The molecule has 2 aromatic carbocycles. The molecule has 3 rings (SSSR count). The molecular weight excluding hydrogens is 485 g/mol. The van der Waals surface area contributed by atoms with Gasteiger partial charge in [-0.15, -0.1) is 0 Å². The monoisotopic (exact) mass is 499 g/mol. The number of hydrogen-bond donors (Lipinski definition) is 0. The van der Waals surface area contributed by atoms with Gasteiger partial charge in [-0.05, 0) is 64.0 Å². The third-order valence-electron chi connectivity index (χ3n) is 3.97. The van der Waals surface area contributed by atoms with Crippen LogP contribution in [0.1, 0.15) is 24.5 Å². The zero-order valence-corrected chi connectivity index (χ0v) is 18.8. The molecule has 28 heavy (non-hydrogen) atoms. The van der Waals surface area contributed by atoms with Crippen LogP contribution in [0, 0.1) is 0 Å². The van der Waals surface area contributed by atoms with E-state index in [0.29, 0.717) is 37.3 Å². The minimum atomic E-state index is -0.275. The summed E-state index contributed by atoms with van der Waals surface area (Å²) in [5.41, 5.74) is 1.55. The van der Waals surface area contributed by atoms with Gasteiger partial charge in [-0.1, -0.05) is 48.3 Å². The summed E-state index contributed by atoms with van der Waals surface area (Å²) in [5, 5.41) is 0.762. The van der Waals surface area contributed by atoms with Gasteiger partial charge in [0.15, 0.2) is 5.75 Å². The number of halogens is 3. The van der Waals surface area contributed by atoms with Crippen LogP contribution < -0.4 is 4.74 Å². The number of benzene rings is 2. The zero-order valence-electron chi connectivity index (χ0n) is 14.9. The molecule has 1 heterocycles. The Bertz CT molecular complexity index is 941. The molecule has 0 aliphatic carbocycles. The fourth-order valence-corrected chi connectivity index (χ4v) is 4.68. The molecule has 4 nitrogen and oxygen atoms in total. The van der Waals surface area contributed by atoms with Crippen molar-refractivity contribution in [2.24, 2.45) is 0 Å². The highest BCUT2D eigenvalue weighted by molar-refractivity contribution is 9.10. The first-order chi connectivity index (χ1) is 13.4. The highest BCUT2D eigenvalue weighted by Crippen LogP contribution is 2.38. The Labute approximate surface area is 186 Å². The third kappa shape index (κ3) is 4.74. The van der Waals surface area contributed by atoms with Gasteiger partial charge >= 0.3 is 0 Å². The number of nitrogens with zero attached hydrogens (tertiary/aromatic N) is 1. The van der Waals surface area contributed by atoms with E-state index in [2.05, 4.69) is 15.9 Å². The molecule has 0 aromatic heterocycles. The van der Waals surface area contributed by atoms with Crippen LogP contribution in [0.2, 0.25) is 10.0 Å². The lowest BCUT2D eigenvalue weighted by Gasteiger charge is -2.12. The van der Waals surface area contributed by atoms with E-state index in [1.165, 1.54) is 4.90 Å². The van der Waals surface area contributed by atoms with Gasteiger partial charge in [0.25, 0.3) is 11.1 Å². The van der Waals surface area contributed by atoms with Crippen LogP contribution >= 0.6 is 50.9 Å². The summed E-state index contributed by atoms with van der Waals surface area (Å²) in [6, 6.07) is 10.9. The first-order valence-corrected chi connectivity index (χ1v) is 10.9. The van der Waals surface area contributed by atoms with Crippen molar-refractivity contribution < 1.29 is 14.3 Å². The molecule has 0 spiro atoms. The Hall–Kier alpha value is -1.47. The summed E-state index contributed by atoms with van der Waals surface area (Å²) in [7, 11) is 0. The number of imide groups is 1. The maximum Gasteiger partial charge on any atom is 0.293 e. The fraction of sp³-hybridized carbons (Fsp3) is 0.200. The van der Waals surface area contributed by atoms with Crippen molar-refractivity contribution in [2.45, 2.75) is 20.0 Å². The van der Waals surface area contributed by atoms with Gasteiger partial charge in [-0.3, -0.25) is 14.5 Å². The molecule has 0 N–H and O–H groups in total. The van der Waals surface area contributed by atoms with Gasteiger partial charge in [0, 0.05) is 17.1 Å². The molecule has 0 radical (unpaired) electrons. The molecule has 1 aliphatic rings. The Balaban J connectivity index is 1.79. The van der Waals surface area contributed by atoms with Crippen LogP contribution in [0.3, 0.4) is 0 Å². The number of ether oxygens (including phenoxy) is 1. The lowest BCUT2D eigenvalue weighted by molar-refractivity contribution is -0.122. The SMILES string of the molecule is CCCN1C(=O)S/C(=C/c2cc(Cl)c(OCc3ccccc3Cl)c(Br)c2)C1=O. The molecule has 2 aromatic rings. The van der Waals surface area contributed by atoms with Gasteiger partial charge in [0.1, 0.15) is 6.61 Å². The Morgan fingerprint density at radius 3 is 2.61 bits per heavy atom. The van der Waals surface area contributed by atoms with Gasteiger partial charge in [-0.2, -0.15) is 0 Å². The number of amides is 2. The van der Waals surface area contributed by atoms with Gasteiger partial charge in [0.2, 0.25) is 0 Å². The van der Waals surface area contributed by atoms with Crippen molar-refractivity contribution in [1.82, 2.24) is 4.90 Å². The molecule has 0 atom stereocenters. The van der Waals surface area contributed by atoms with E-state index < -0.39 is 0 Å². The lowest BCUT2D eigenvalue weighted by Crippen LogP contribution is -2.28. The maximum atomic E-state index is 12.4. The fourth-order valence-electron chi connectivity index (χ4n) is 2.63. The Kier molecular flexibility index (Phi) is 7.10. The minimum absolute atomic E-state index is 0.247. The highest BCUT2D eigenvalue weighted by atomic mass is 79.9. The van der Waals surface area contributed by atoms with Crippen molar-refractivity contribution in [2.75, 3.05) is 6.54 Å². The van der Waals surface area contributed by atoms with Crippen LogP contribution in [0.4, 0.5) is 4.79 Å². The quantitative estimate of drug-likeness (QED) is 0.410. The molecule has 0 bridgehead atoms. The predicted octanol–water partition coefficient (Wildman–Crippen LogP) is 6.78. The summed E-state index contributed by atoms with van der Waals surface area (Å²) in [6.45, 7) is 2.61. The van der Waals surface area contributed by atoms with Crippen LogP contribution in [0.15, 0.2) is 45.8 Å². The second kappa shape index (κ2) is 9.35. The highest BCUT2D eigenvalue weighted by Gasteiger charge is 2.34. The number of carbonyl (C=O) groups is 2. The first-order valence-electron chi connectivity index (χ1n) is 8.51. The normalized spacial score (nSPS) is 15.6. The molecule has 8 heteroatoms. The predicted molar refractivity (Wildman–Crippen MR) is 118 cm³/mol. The number of hydrogen-bond acceptors (Lipinski definition) is 4. The van der Waals surface area contributed by atoms with E-state index >= 15 is 0 Å². The van der Waals surface area contributed by atoms with E-state index in [1.807, 2.05) is 25.1 Å². The van der Waals surface area contributed by atoms with E-state index in [4.69, 9.17) is 27.9 Å².